The lowest BCUT2D eigenvalue weighted by molar-refractivity contribution is -0.142. The van der Waals surface area contributed by atoms with Gasteiger partial charge >= 0.3 is 5.97 Å². The summed E-state index contributed by atoms with van der Waals surface area (Å²) >= 11 is 15.4. The second-order valence-electron chi connectivity index (χ2n) is 6.31. The van der Waals surface area contributed by atoms with E-state index in [0.29, 0.717) is 15.5 Å². The van der Waals surface area contributed by atoms with E-state index in [4.69, 9.17) is 27.6 Å². The molecule has 1 atom stereocenters. The van der Waals surface area contributed by atoms with Crippen LogP contribution in [0.1, 0.15) is 21.7 Å². The van der Waals surface area contributed by atoms with Gasteiger partial charge in [0.25, 0.3) is 5.91 Å². The zero-order chi connectivity index (χ0) is 21.0. The molecule has 2 aromatic carbocycles. The van der Waals surface area contributed by atoms with E-state index < -0.39 is 17.9 Å². The van der Waals surface area contributed by atoms with Gasteiger partial charge < -0.3 is 14.4 Å². The summed E-state index contributed by atoms with van der Waals surface area (Å²) in [6, 6.07) is 15.8. The summed E-state index contributed by atoms with van der Waals surface area (Å²) in [5.74, 6) is -1.21. The highest BCUT2D eigenvalue weighted by atomic mass is 79.9. The van der Waals surface area contributed by atoms with E-state index in [1.165, 1.54) is 23.1 Å². The topological polar surface area (TPSA) is 70.8 Å². The second kappa shape index (κ2) is 9.48. The number of halogens is 3. The van der Waals surface area contributed by atoms with E-state index in [1.54, 1.807) is 12.1 Å². The average Bonchev–Trinajstić information content (AvgIpc) is 3.09. The van der Waals surface area contributed by atoms with E-state index >= 15 is 0 Å². The molecule has 29 heavy (non-hydrogen) atoms. The van der Waals surface area contributed by atoms with Crippen LogP contribution in [0, 0.1) is 0 Å². The Kier molecular flexibility index (Phi) is 7.00. The Morgan fingerprint density at radius 2 is 1.79 bits per heavy atom. The lowest BCUT2D eigenvalue weighted by Crippen LogP contribution is -2.46. The van der Waals surface area contributed by atoms with Gasteiger partial charge in [0.05, 0.1) is 17.1 Å². The van der Waals surface area contributed by atoms with Gasteiger partial charge in [-0.25, -0.2) is 4.79 Å². The first-order valence-electron chi connectivity index (χ1n) is 8.62. The van der Waals surface area contributed by atoms with Crippen molar-refractivity contribution < 1.29 is 19.1 Å². The predicted octanol–water partition coefficient (Wildman–Crippen LogP) is 5.69. The molecule has 1 aromatic heterocycles. The van der Waals surface area contributed by atoms with Gasteiger partial charge in [0.2, 0.25) is 0 Å². The third-order valence-electron chi connectivity index (χ3n) is 4.31. The van der Waals surface area contributed by atoms with Crippen LogP contribution in [0.4, 0.5) is 0 Å². The minimum Gasteiger partial charge on any atom is -0.480 e. The van der Waals surface area contributed by atoms with Crippen molar-refractivity contribution in [2.45, 2.75) is 19.0 Å². The van der Waals surface area contributed by atoms with Crippen molar-refractivity contribution in [2.24, 2.45) is 0 Å². The van der Waals surface area contributed by atoms with Crippen molar-refractivity contribution in [3.05, 3.63) is 92.3 Å². The number of aliphatic carboxylic acids is 1. The van der Waals surface area contributed by atoms with Gasteiger partial charge in [-0.15, -0.1) is 0 Å². The first-order valence-corrected chi connectivity index (χ1v) is 10.2. The maximum Gasteiger partial charge on any atom is 0.326 e. The Hall–Kier alpha value is -2.28. The molecule has 3 aromatic rings. The molecule has 5 nitrogen and oxygen atoms in total. The number of carboxylic acids is 1. The number of hydrogen-bond donors (Lipinski definition) is 1. The van der Waals surface area contributed by atoms with Crippen LogP contribution in [0.3, 0.4) is 0 Å². The highest BCUT2D eigenvalue weighted by Gasteiger charge is 2.32. The summed E-state index contributed by atoms with van der Waals surface area (Å²) in [6.07, 6.45) is 0.134. The predicted molar refractivity (Wildman–Crippen MR) is 114 cm³/mol. The number of benzene rings is 2. The van der Waals surface area contributed by atoms with Gasteiger partial charge in [0.15, 0.2) is 4.67 Å². The lowest BCUT2D eigenvalue weighted by Gasteiger charge is -2.29. The van der Waals surface area contributed by atoms with Gasteiger partial charge in [-0.1, -0.05) is 53.5 Å². The molecule has 0 saturated heterocycles. The van der Waals surface area contributed by atoms with E-state index in [1.807, 2.05) is 30.3 Å². The molecule has 8 heteroatoms. The molecule has 0 unspecified atom stereocenters. The molecule has 1 heterocycles. The fourth-order valence-electron chi connectivity index (χ4n) is 2.91. The van der Waals surface area contributed by atoms with Gasteiger partial charge in [-0.3, -0.25) is 4.79 Å². The quantitative estimate of drug-likeness (QED) is 0.456. The number of hydrogen-bond acceptors (Lipinski definition) is 3. The molecule has 0 saturated carbocycles. The SMILES string of the molecule is O=C(O)[C@H](Cc1ccccc1)N(Cc1ccc(Br)o1)C(=O)c1ccc(Cl)cc1Cl. The van der Waals surface area contributed by atoms with Crippen LogP contribution in [0.15, 0.2) is 69.8 Å². The number of carbonyl (C=O) groups is 2. The molecule has 0 radical (unpaired) electrons. The number of carbonyl (C=O) groups excluding carboxylic acids is 1. The molecule has 0 bridgehead atoms. The normalized spacial score (nSPS) is 11.8. The lowest BCUT2D eigenvalue weighted by atomic mass is 10.0. The molecule has 3 rings (SSSR count). The molecular weight excluding hydrogens is 481 g/mol. The third kappa shape index (κ3) is 5.41. The first-order chi connectivity index (χ1) is 13.8. The van der Waals surface area contributed by atoms with Gasteiger partial charge in [0.1, 0.15) is 11.8 Å². The molecule has 1 amide bonds. The average molecular weight is 497 g/mol. The minimum atomic E-state index is -1.13. The summed E-state index contributed by atoms with van der Waals surface area (Å²) < 4.78 is 5.99. The molecular formula is C21H16BrCl2NO4. The number of amides is 1. The zero-order valence-electron chi connectivity index (χ0n) is 15.0. The smallest absolute Gasteiger partial charge is 0.326 e. The summed E-state index contributed by atoms with van der Waals surface area (Å²) in [4.78, 5) is 26.7. The molecule has 1 N–H and O–H groups in total. The van der Waals surface area contributed by atoms with Crippen LogP contribution in [0.5, 0.6) is 0 Å². The van der Waals surface area contributed by atoms with E-state index in [9.17, 15) is 14.7 Å². The summed E-state index contributed by atoms with van der Waals surface area (Å²) in [6.45, 7) is -0.0345. The fraction of sp³-hybridized carbons (Fsp3) is 0.143. The van der Waals surface area contributed by atoms with Crippen molar-refractivity contribution in [3.63, 3.8) is 0 Å². The largest absolute Gasteiger partial charge is 0.480 e. The first kappa shape index (κ1) is 21.4. The number of furan rings is 1. The van der Waals surface area contributed by atoms with Crippen molar-refractivity contribution in [3.8, 4) is 0 Å². The van der Waals surface area contributed by atoms with Crippen LogP contribution in [0.25, 0.3) is 0 Å². The van der Waals surface area contributed by atoms with E-state index in [0.717, 1.165) is 5.56 Å². The number of nitrogens with zero attached hydrogens (tertiary/aromatic N) is 1. The van der Waals surface area contributed by atoms with Gasteiger partial charge in [-0.05, 0) is 51.8 Å². The molecule has 0 aliphatic heterocycles. The van der Waals surface area contributed by atoms with Gasteiger partial charge in [0, 0.05) is 11.4 Å². The van der Waals surface area contributed by atoms with Crippen molar-refractivity contribution in [1.29, 1.82) is 0 Å². The van der Waals surface area contributed by atoms with Gasteiger partial charge in [-0.2, -0.15) is 0 Å². The van der Waals surface area contributed by atoms with Crippen molar-refractivity contribution in [1.82, 2.24) is 4.90 Å². The van der Waals surface area contributed by atoms with E-state index in [-0.39, 0.29) is 23.6 Å². The Balaban J connectivity index is 2.00. The molecule has 0 spiro atoms. The summed E-state index contributed by atoms with van der Waals surface area (Å²) in [5.41, 5.74) is 0.960. The Morgan fingerprint density at radius 1 is 1.07 bits per heavy atom. The Bertz CT molecular complexity index is 1020. The van der Waals surface area contributed by atoms with Crippen molar-refractivity contribution >= 4 is 51.0 Å². The molecule has 0 aliphatic rings. The van der Waals surface area contributed by atoms with Crippen LogP contribution in [-0.2, 0) is 17.8 Å². The summed E-state index contributed by atoms with van der Waals surface area (Å²) in [7, 11) is 0. The highest BCUT2D eigenvalue weighted by Crippen LogP contribution is 2.26. The summed E-state index contributed by atoms with van der Waals surface area (Å²) in [5, 5.41) is 10.4. The number of carboxylic acid groups (broad SMARTS) is 1. The zero-order valence-corrected chi connectivity index (χ0v) is 18.1. The van der Waals surface area contributed by atoms with E-state index in [2.05, 4.69) is 15.9 Å². The molecule has 0 fully saturated rings. The third-order valence-corrected chi connectivity index (χ3v) is 5.28. The Labute approximate surface area is 186 Å². The van der Waals surface area contributed by atoms with Crippen LogP contribution < -0.4 is 0 Å². The highest BCUT2D eigenvalue weighted by molar-refractivity contribution is 9.10. The Morgan fingerprint density at radius 3 is 2.38 bits per heavy atom. The monoisotopic (exact) mass is 495 g/mol. The minimum absolute atomic E-state index is 0.0345. The number of rotatable bonds is 7. The maximum absolute atomic E-state index is 13.3. The molecule has 150 valence electrons. The van der Waals surface area contributed by atoms with Crippen LogP contribution in [-0.4, -0.2) is 27.9 Å². The fourth-order valence-corrected chi connectivity index (χ4v) is 3.74. The maximum atomic E-state index is 13.3. The van der Waals surface area contributed by atoms with Crippen LogP contribution in [0.2, 0.25) is 10.0 Å². The second-order valence-corrected chi connectivity index (χ2v) is 7.93. The van der Waals surface area contributed by atoms with Crippen molar-refractivity contribution in [2.75, 3.05) is 0 Å². The molecule has 0 aliphatic carbocycles. The van der Waals surface area contributed by atoms with Crippen LogP contribution >= 0.6 is 39.1 Å². The standard InChI is InChI=1S/C21H16BrCl2NO4/c22-19-9-7-15(29-19)12-25(20(26)16-8-6-14(23)11-17(16)24)18(21(27)28)10-13-4-2-1-3-5-13/h1-9,11,18H,10,12H2,(H,27,28)/t18-/m0/s1.